The van der Waals surface area contributed by atoms with Gasteiger partial charge in [0.2, 0.25) is 0 Å². The van der Waals surface area contributed by atoms with E-state index in [2.05, 4.69) is 0 Å². The largest absolute Gasteiger partial charge is 0.481 e. The van der Waals surface area contributed by atoms with Crippen LogP contribution in [0, 0.1) is 5.92 Å². The van der Waals surface area contributed by atoms with Crippen LogP contribution >= 0.6 is 0 Å². The van der Waals surface area contributed by atoms with E-state index in [1.54, 1.807) is 0 Å². The van der Waals surface area contributed by atoms with E-state index in [4.69, 9.17) is 10.8 Å². The summed E-state index contributed by atoms with van der Waals surface area (Å²) in [6.45, 7) is 0. The Morgan fingerprint density at radius 1 is 1.62 bits per heavy atom. The first-order valence-electron chi connectivity index (χ1n) is 2.65. The predicted octanol–water partition coefficient (Wildman–Crippen LogP) is 0.132. The van der Waals surface area contributed by atoms with Crippen LogP contribution in [0.25, 0.3) is 0 Å². The second-order valence-corrected chi connectivity index (χ2v) is 2.13. The number of rotatable bonds is 1. The van der Waals surface area contributed by atoms with Gasteiger partial charge in [-0.2, -0.15) is 0 Å². The van der Waals surface area contributed by atoms with Crippen molar-refractivity contribution in [2.45, 2.75) is 18.9 Å². The van der Waals surface area contributed by atoms with E-state index in [1.165, 1.54) is 0 Å². The van der Waals surface area contributed by atoms with Gasteiger partial charge in [-0.05, 0) is 12.8 Å². The molecule has 0 saturated heterocycles. The molecule has 1 rings (SSSR count). The fourth-order valence-electron chi connectivity index (χ4n) is 0.796. The molecule has 3 nitrogen and oxygen atoms in total. The Hall–Kier alpha value is -0.570. The van der Waals surface area contributed by atoms with E-state index < -0.39 is 5.97 Å². The number of carbonyl (C=O) groups is 1. The van der Waals surface area contributed by atoms with Crippen molar-refractivity contribution in [3.8, 4) is 0 Å². The Labute approximate surface area is 47.5 Å². The number of nitrogens with one attached hydrogen (secondary N) is 1. The van der Waals surface area contributed by atoms with Gasteiger partial charge in [0, 0.05) is 6.04 Å². The molecule has 1 saturated carbocycles. The van der Waals surface area contributed by atoms with Crippen LogP contribution < -0.4 is 5.73 Å². The zero-order chi connectivity index (χ0) is 6.15. The van der Waals surface area contributed by atoms with Crippen LogP contribution in [0.5, 0.6) is 0 Å². The van der Waals surface area contributed by atoms with Crippen molar-refractivity contribution in [1.29, 1.82) is 0 Å². The summed E-state index contributed by atoms with van der Waals surface area (Å²) in [6, 6.07) is -0.326. The number of hydrogen-bond donors (Lipinski definition) is 1. The van der Waals surface area contributed by atoms with Crippen molar-refractivity contribution >= 4 is 5.97 Å². The molecule has 45 valence electrons. The summed E-state index contributed by atoms with van der Waals surface area (Å²) < 4.78 is 0. The lowest BCUT2D eigenvalue weighted by molar-refractivity contribution is -0.145. The Morgan fingerprint density at radius 3 is 2.25 bits per heavy atom. The van der Waals surface area contributed by atoms with Crippen molar-refractivity contribution in [2.75, 3.05) is 0 Å². The van der Waals surface area contributed by atoms with Gasteiger partial charge < -0.3 is 5.11 Å². The highest BCUT2D eigenvalue weighted by atomic mass is 16.4. The Morgan fingerprint density at radius 2 is 2.25 bits per heavy atom. The number of carboxylic acid groups (broad SMARTS) is 1. The second kappa shape index (κ2) is 1.74. The molecule has 3 heteroatoms. The highest BCUT2D eigenvalue weighted by Gasteiger charge is 2.33. The van der Waals surface area contributed by atoms with Crippen molar-refractivity contribution in [2.24, 2.45) is 5.92 Å². The van der Waals surface area contributed by atoms with E-state index in [9.17, 15) is 4.79 Å². The molecule has 0 aromatic rings. The van der Waals surface area contributed by atoms with Crippen LogP contribution in [0.1, 0.15) is 12.8 Å². The molecule has 2 unspecified atom stereocenters. The monoisotopic (exact) mass is 114 g/mol. The molecule has 8 heavy (non-hydrogen) atoms. The van der Waals surface area contributed by atoms with Gasteiger partial charge in [0.25, 0.3) is 0 Å². The lowest BCUT2D eigenvalue weighted by atomic mass is 9.80. The number of carboxylic acids is 1. The smallest absolute Gasteiger partial charge is 0.308 e. The maximum absolute atomic E-state index is 10.1. The molecule has 2 atom stereocenters. The van der Waals surface area contributed by atoms with E-state index in [-0.39, 0.29) is 12.0 Å². The second-order valence-electron chi connectivity index (χ2n) is 2.13. The van der Waals surface area contributed by atoms with Gasteiger partial charge in [-0.3, -0.25) is 10.5 Å². The topological polar surface area (TPSA) is 61.1 Å². The SMILES string of the molecule is [NH]C1CCC1C(=O)O. The summed E-state index contributed by atoms with van der Waals surface area (Å²) in [5.74, 6) is -1.17. The number of aliphatic carboxylic acids is 1. The van der Waals surface area contributed by atoms with Crippen LogP contribution in [-0.4, -0.2) is 17.1 Å². The molecule has 0 aliphatic heterocycles. The van der Waals surface area contributed by atoms with E-state index in [0.717, 1.165) is 6.42 Å². The highest BCUT2D eigenvalue weighted by Crippen LogP contribution is 2.26. The van der Waals surface area contributed by atoms with E-state index >= 15 is 0 Å². The normalized spacial score (nSPS) is 36.1. The van der Waals surface area contributed by atoms with Gasteiger partial charge in [-0.1, -0.05) is 0 Å². The summed E-state index contributed by atoms with van der Waals surface area (Å²) in [5, 5.41) is 8.28. The van der Waals surface area contributed by atoms with E-state index in [0.29, 0.717) is 6.42 Å². The Bertz CT molecular complexity index is 113. The third-order valence-electron chi connectivity index (χ3n) is 1.59. The maximum atomic E-state index is 10.1. The molecule has 0 heterocycles. The quantitative estimate of drug-likeness (QED) is 0.526. The first kappa shape index (κ1) is 5.56. The maximum Gasteiger partial charge on any atom is 0.308 e. The van der Waals surface area contributed by atoms with Gasteiger partial charge in [-0.25, -0.2) is 0 Å². The van der Waals surface area contributed by atoms with Gasteiger partial charge >= 0.3 is 5.97 Å². The van der Waals surface area contributed by atoms with Crippen LogP contribution in [0.15, 0.2) is 0 Å². The average Bonchev–Trinajstić information content (AvgIpc) is 1.61. The van der Waals surface area contributed by atoms with Gasteiger partial charge in [0.15, 0.2) is 0 Å². The summed E-state index contributed by atoms with van der Waals surface area (Å²) in [5.41, 5.74) is 7.02. The molecule has 0 bridgehead atoms. The summed E-state index contributed by atoms with van der Waals surface area (Å²) in [6.07, 6.45) is 1.46. The molecule has 1 radical (unpaired) electrons. The zero-order valence-electron chi connectivity index (χ0n) is 4.42. The van der Waals surface area contributed by atoms with Crippen molar-refractivity contribution in [3.63, 3.8) is 0 Å². The predicted molar refractivity (Wildman–Crippen MR) is 27.2 cm³/mol. The standard InChI is InChI=1S/C5H8NO2/c6-4-2-1-3(4)5(7)8/h3-4,6H,1-2H2,(H,7,8). The van der Waals surface area contributed by atoms with Crippen molar-refractivity contribution < 1.29 is 9.90 Å². The molecule has 1 fully saturated rings. The molecule has 0 spiro atoms. The molecular formula is C5H8NO2. The van der Waals surface area contributed by atoms with Crippen LogP contribution in [0.4, 0.5) is 0 Å². The van der Waals surface area contributed by atoms with Crippen molar-refractivity contribution in [1.82, 2.24) is 5.73 Å². The average molecular weight is 114 g/mol. The van der Waals surface area contributed by atoms with Crippen LogP contribution in [0.2, 0.25) is 0 Å². The third kappa shape index (κ3) is 0.690. The van der Waals surface area contributed by atoms with Crippen molar-refractivity contribution in [3.05, 3.63) is 0 Å². The molecule has 1 aliphatic carbocycles. The molecule has 1 aliphatic rings. The molecule has 2 N–H and O–H groups in total. The Kier molecular flexibility index (Phi) is 1.21. The number of hydrogen-bond acceptors (Lipinski definition) is 1. The lowest BCUT2D eigenvalue weighted by Crippen LogP contribution is -2.38. The highest BCUT2D eigenvalue weighted by molar-refractivity contribution is 5.71. The summed E-state index contributed by atoms with van der Waals surface area (Å²) >= 11 is 0. The first-order chi connectivity index (χ1) is 3.72. The molecule has 0 aromatic carbocycles. The van der Waals surface area contributed by atoms with E-state index in [1.807, 2.05) is 0 Å². The van der Waals surface area contributed by atoms with Gasteiger partial charge in [-0.15, -0.1) is 0 Å². The third-order valence-corrected chi connectivity index (χ3v) is 1.59. The minimum atomic E-state index is -0.809. The minimum Gasteiger partial charge on any atom is -0.481 e. The molecule has 0 aromatic heterocycles. The van der Waals surface area contributed by atoms with Crippen LogP contribution in [0.3, 0.4) is 0 Å². The van der Waals surface area contributed by atoms with Crippen LogP contribution in [-0.2, 0) is 4.79 Å². The zero-order valence-corrected chi connectivity index (χ0v) is 4.42. The molecular weight excluding hydrogens is 106 g/mol. The molecule has 0 amide bonds. The fourth-order valence-corrected chi connectivity index (χ4v) is 0.796. The lowest BCUT2D eigenvalue weighted by Gasteiger charge is -2.28. The Balaban J connectivity index is 2.37. The minimum absolute atomic E-state index is 0.326. The first-order valence-corrected chi connectivity index (χ1v) is 2.65. The van der Waals surface area contributed by atoms with Gasteiger partial charge in [0.1, 0.15) is 0 Å². The van der Waals surface area contributed by atoms with Gasteiger partial charge in [0.05, 0.1) is 5.92 Å². The summed E-state index contributed by atoms with van der Waals surface area (Å²) in [7, 11) is 0. The summed E-state index contributed by atoms with van der Waals surface area (Å²) in [4.78, 5) is 10.1. The fraction of sp³-hybridized carbons (Fsp3) is 0.800.